The van der Waals surface area contributed by atoms with Crippen LogP contribution >= 0.6 is 11.6 Å². The largest absolute Gasteiger partial charge is 0.496 e. The fourth-order valence-electron chi connectivity index (χ4n) is 2.02. The minimum absolute atomic E-state index is 0.0978. The molecule has 2 rings (SSSR count). The summed E-state index contributed by atoms with van der Waals surface area (Å²) in [4.78, 5) is 12.4. The minimum atomic E-state index is -0.821. The lowest BCUT2D eigenvalue weighted by Crippen LogP contribution is -2.47. The Balaban J connectivity index is 2.38. The number of halogens is 1. The first kappa shape index (κ1) is 12.4. The first-order valence-corrected chi connectivity index (χ1v) is 6.02. The number of hydrogen-bond donors (Lipinski definition) is 1. The fourth-order valence-corrected chi connectivity index (χ4v) is 2.19. The number of rotatable bonds is 4. The SMILES string of the molecule is COc1ccc(Cl)cc1C(=O)C(C)(N)C1CC1. The van der Waals surface area contributed by atoms with E-state index in [2.05, 4.69) is 0 Å². The normalized spacial score (nSPS) is 18.6. The number of nitrogens with two attached hydrogens (primary N) is 1. The molecule has 92 valence electrons. The lowest BCUT2D eigenvalue weighted by Gasteiger charge is -2.23. The molecule has 0 bridgehead atoms. The number of carbonyl (C=O) groups is 1. The Bertz CT molecular complexity index is 453. The second-order valence-corrected chi connectivity index (χ2v) is 5.17. The fraction of sp³-hybridized carbons (Fsp3) is 0.462. The van der Waals surface area contributed by atoms with Gasteiger partial charge in [0.05, 0.1) is 18.2 Å². The van der Waals surface area contributed by atoms with Crippen molar-refractivity contribution in [1.29, 1.82) is 0 Å². The maximum Gasteiger partial charge on any atom is 0.186 e. The van der Waals surface area contributed by atoms with Gasteiger partial charge in [-0.05, 0) is 43.9 Å². The molecule has 2 N–H and O–H groups in total. The second kappa shape index (κ2) is 4.31. The highest BCUT2D eigenvalue weighted by Gasteiger charge is 2.44. The predicted molar refractivity (Wildman–Crippen MR) is 67.7 cm³/mol. The van der Waals surface area contributed by atoms with Gasteiger partial charge in [-0.15, -0.1) is 0 Å². The molecule has 1 saturated carbocycles. The van der Waals surface area contributed by atoms with E-state index in [0.29, 0.717) is 16.3 Å². The Hall–Kier alpha value is -1.06. The summed E-state index contributed by atoms with van der Waals surface area (Å²) in [6.07, 6.45) is 2.03. The molecule has 1 aromatic rings. The topological polar surface area (TPSA) is 52.3 Å². The Kier molecular flexibility index (Phi) is 3.15. The third-order valence-corrected chi connectivity index (χ3v) is 3.56. The van der Waals surface area contributed by atoms with Crippen LogP contribution < -0.4 is 10.5 Å². The van der Waals surface area contributed by atoms with Gasteiger partial charge in [0.25, 0.3) is 0 Å². The average molecular weight is 254 g/mol. The van der Waals surface area contributed by atoms with Gasteiger partial charge < -0.3 is 10.5 Å². The summed E-state index contributed by atoms with van der Waals surface area (Å²) in [6.45, 7) is 1.79. The molecule has 1 aliphatic rings. The summed E-state index contributed by atoms with van der Waals surface area (Å²) in [5.74, 6) is 0.703. The van der Waals surface area contributed by atoms with E-state index in [0.717, 1.165) is 12.8 Å². The van der Waals surface area contributed by atoms with Crippen LogP contribution in [-0.4, -0.2) is 18.4 Å². The molecule has 1 atom stereocenters. The van der Waals surface area contributed by atoms with Crippen molar-refractivity contribution >= 4 is 17.4 Å². The summed E-state index contributed by atoms with van der Waals surface area (Å²) < 4.78 is 5.18. The first-order chi connectivity index (χ1) is 7.96. The van der Waals surface area contributed by atoms with E-state index in [1.807, 2.05) is 0 Å². The van der Waals surface area contributed by atoms with Crippen molar-refractivity contribution in [1.82, 2.24) is 0 Å². The molecule has 0 aromatic heterocycles. The molecule has 3 nitrogen and oxygen atoms in total. The van der Waals surface area contributed by atoms with Crippen molar-refractivity contribution in [2.24, 2.45) is 11.7 Å². The van der Waals surface area contributed by atoms with Crippen LogP contribution in [0.15, 0.2) is 18.2 Å². The Morgan fingerprint density at radius 1 is 1.53 bits per heavy atom. The molecule has 1 aliphatic carbocycles. The summed E-state index contributed by atoms with van der Waals surface area (Å²) in [5, 5.41) is 0.515. The maximum atomic E-state index is 12.4. The van der Waals surface area contributed by atoms with E-state index in [1.54, 1.807) is 25.1 Å². The zero-order valence-corrected chi connectivity index (χ0v) is 10.8. The number of hydrogen-bond acceptors (Lipinski definition) is 3. The minimum Gasteiger partial charge on any atom is -0.496 e. The summed E-state index contributed by atoms with van der Waals surface area (Å²) >= 11 is 5.91. The van der Waals surface area contributed by atoms with Crippen LogP contribution in [-0.2, 0) is 0 Å². The number of ether oxygens (including phenoxy) is 1. The van der Waals surface area contributed by atoms with E-state index in [1.165, 1.54) is 7.11 Å². The molecule has 1 unspecified atom stereocenters. The van der Waals surface area contributed by atoms with Crippen LogP contribution in [0, 0.1) is 5.92 Å². The smallest absolute Gasteiger partial charge is 0.186 e. The van der Waals surface area contributed by atoms with E-state index < -0.39 is 5.54 Å². The lowest BCUT2D eigenvalue weighted by atomic mass is 9.87. The van der Waals surface area contributed by atoms with Crippen molar-refractivity contribution in [2.75, 3.05) is 7.11 Å². The van der Waals surface area contributed by atoms with Gasteiger partial charge in [0, 0.05) is 5.02 Å². The van der Waals surface area contributed by atoms with Gasteiger partial charge >= 0.3 is 0 Å². The highest BCUT2D eigenvalue weighted by atomic mass is 35.5. The van der Waals surface area contributed by atoms with Gasteiger partial charge in [-0.25, -0.2) is 0 Å². The van der Waals surface area contributed by atoms with Crippen molar-refractivity contribution in [3.05, 3.63) is 28.8 Å². The van der Waals surface area contributed by atoms with E-state index in [-0.39, 0.29) is 11.7 Å². The van der Waals surface area contributed by atoms with Gasteiger partial charge in [0.1, 0.15) is 5.75 Å². The van der Waals surface area contributed by atoms with E-state index in [9.17, 15) is 4.79 Å². The number of benzene rings is 1. The monoisotopic (exact) mass is 253 g/mol. The standard InChI is InChI=1S/C13H16ClNO2/c1-13(15,8-3-4-8)12(16)10-7-9(14)5-6-11(10)17-2/h5-8H,3-4,15H2,1-2H3. The Morgan fingerprint density at radius 2 is 2.18 bits per heavy atom. The zero-order valence-electron chi connectivity index (χ0n) is 10.00. The van der Waals surface area contributed by atoms with Crippen LogP contribution in [0.5, 0.6) is 5.75 Å². The number of Topliss-reactive ketones (excluding diaryl/α,β-unsaturated/α-hetero) is 1. The molecular formula is C13H16ClNO2. The third kappa shape index (κ3) is 2.31. The molecule has 0 saturated heterocycles. The summed E-state index contributed by atoms with van der Waals surface area (Å²) in [5.41, 5.74) is 5.77. The number of ketones is 1. The molecule has 0 amide bonds. The van der Waals surface area contributed by atoms with E-state index >= 15 is 0 Å². The number of carbonyl (C=O) groups excluding carboxylic acids is 1. The van der Waals surface area contributed by atoms with Crippen LogP contribution in [0.2, 0.25) is 5.02 Å². The Morgan fingerprint density at radius 3 is 2.71 bits per heavy atom. The average Bonchev–Trinajstić information content (AvgIpc) is 3.12. The van der Waals surface area contributed by atoms with Crippen LogP contribution in [0.4, 0.5) is 0 Å². The van der Waals surface area contributed by atoms with Crippen molar-refractivity contribution in [3.8, 4) is 5.75 Å². The van der Waals surface area contributed by atoms with Crippen molar-refractivity contribution in [3.63, 3.8) is 0 Å². The van der Waals surface area contributed by atoms with Gasteiger partial charge in [0.2, 0.25) is 0 Å². The number of methoxy groups -OCH3 is 1. The van der Waals surface area contributed by atoms with Gasteiger partial charge in [-0.3, -0.25) is 4.79 Å². The first-order valence-electron chi connectivity index (χ1n) is 5.64. The third-order valence-electron chi connectivity index (χ3n) is 3.32. The second-order valence-electron chi connectivity index (χ2n) is 4.73. The maximum absolute atomic E-state index is 12.4. The predicted octanol–water partition coefficient (Wildman–Crippen LogP) is 2.66. The highest BCUT2D eigenvalue weighted by Crippen LogP contribution is 2.40. The Labute approximate surface area is 106 Å². The highest BCUT2D eigenvalue weighted by molar-refractivity contribution is 6.31. The van der Waals surface area contributed by atoms with Gasteiger partial charge in [0.15, 0.2) is 5.78 Å². The molecule has 0 spiro atoms. The van der Waals surface area contributed by atoms with E-state index in [4.69, 9.17) is 22.1 Å². The quantitative estimate of drug-likeness (QED) is 0.840. The molecule has 17 heavy (non-hydrogen) atoms. The van der Waals surface area contributed by atoms with Crippen LogP contribution in [0.25, 0.3) is 0 Å². The van der Waals surface area contributed by atoms with Crippen LogP contribution in [0.3, 0.4) is 0 Å². The molecule has 1 aromatic carbocycles. The lowest BCUT2D eigenvalue weighted by molar-refractivity contribution is 0.0880. The summed E-state index contributed by atoms with van der Waals surface area (Å²) in [6, 6.07) is 5.01. The van der Waals surface area contributed by atoms with Crippen molar-refractivity contribution in [2.45, 2.75) is 25.3 Å². The van der Waals surface area contributed by atoms with Gasteiger partial charge in [-0.1, -0.05) is 11.6 Å². The zero-order chi connectivity index (χ0) is 12.6. The molecule has 1 fully saturated rings. The summed E-state index contributed by atoms with van der Waals surface area (Å²) in [7, 11) is 1.53. The van der Waals surface area contributed by atoms with Gasteiger partial charge in [-0.2, -0.15) is 0 Å². The van der Waals surface area contributed by atoms with Crippen LogP contribution in [0.1, 0.15) is 30.1 Å². The molecule has 0 aliphatic heterocycles. The molecule has 4 heteroatoms. The molecule has 0 radical (unpaired) electrons. The van der Waals surface area contributed by atoms with Crippen molar-refractivity contribution < 1.29 is 9.53 Å². The molecule has 0 heterocycles. The molecular weight excluding hydrogens is 238 g/mol.